The fourth-order valence-electron chi connectivity index (χ4n) is 1.62. The number of aromatic nitrogens is 2. The molecule has 2 atom stereocenters. The smallest absolute Gasteiger partial charge is 0.306 e. The molecule has 0 amide bonds. The van der Waals surface area contributed by atoms with Gasteiger partial charge in [-0.05, 0) is 13.8 Å². The number of aliphatic hydroxyl groups excluding tert-OH is 1. The fourth-order valence-corrected chi connectivity index (χ4v) is 1.62. The highest BCUT2D eigenvalue weighted by molar-refractivity contribution is 5.20. The molecule has 2 unspecified atom stereocenters. The minimum absolute atomic E-state index is 0.0786. The zero-order chi connectivity index (χ0) is 14.3. The third-order valence-electron chi connectivity index (χ3n) is 2.49. The molecule has 0 aliphatic heterocycles. The van der Waals surface area contributed by atoms with E-state index < -0.39 is 11.0 Å². The molecule has 0 radical (unpaired) electrons. The molecule has 1 aromatic rings. The van der Waals surface area contributed by atoms with E-state index in [1.165, 1.54) is 10.9 Å². The van der Waals surface area contributed by atoms with Gasteiger partial charge in [0.05, 0.1) is 23.7 Å². The maximum Gasteiger partial charge on any atom is 0.306 e. The predicted molar refractivity (Wildman–Crippen MR) is 68.8 cm³/mol. The molecule has 0 aliphatic carbocycles. The number of nitrogens with zero attached hydrogens (tertiary/aromatic N) is 3. The second kappa shape index (κ2) is 7.82. The van der Waals surface area contributed by atoms with Crippen LogP contribution < -0.4 is 5.32 Å². The summed E-state index contributed by atoms with van der Waals surface area (Å²) in [7, 11) is 0. The molecule has 0 saturated heterocycles. The maximum atomic E-state index is 10.5. The lowest BCUT2D eigenvalue weighted by molar-refractivity contribution is -0.385. The minimum atomic E-state index is -0.659. The van der Waals surface area contributed by atoms with Gasteiger partial charge in [0.25, 0.3) is 0 Å². The molecule has 8 nitrogen and oxygen atoms in total. The second-order valence-electron chi connectivity index (χ2n) is 4.26. The van der Waals surface area contributed by atoms with Crippen molar-refractivity contribution in [1.29, 1.82) is 0 Å². The van der Waals surface area contributed by atoms with Crippen LogP contribution in [0.2, 0.25) is 0 Å². The molecule has 0 fully saturated rings. The van der Waals surface area contributed by atoms with Gasteiger partial charge in [0.2, 0.25) is 0 Å². The van der Waals surface area contributed by atoms with Crippen molar-refractivity contribution < 1.29 is 14.8 Å². The zero-order valence-electron chi connectivity index (χ0n) is 11.2. The number of rotatable bonds is 9. The Kier molecular flexibility index (Phi) is 6.40. The van der Waals surface area contributed by atoms with E-state index in [0.717, 1.165) is 6.20 Å². The summed E-state index contributed by atoms with van der Waals surface area (Å²) in [5, 5.41) is 27.1. The van der Waals surface area contributed by atoms with Gasteiger partial charge in [0.1, 0.15) is 12.4 Å². The maximum absolute atomic E-state index is 10.5. The van der Waals surface area contributed by atoms with Crippen LogP contribution in [0.3, 0.4) is 0 Å². The molecule has 0 aliphatic rings. The van der Waals surface area contributed by atoms with E-state index in [1.54, 1.807) is 0 Å². The van der Waals surface area contributed by atoms with Gasteiger partial charge in [-0.2, -0.15) is 5.10 Å². The quantitative estimate of drug-likeness (QED) is 0.490. The Hall–Kier alpha value is -1.51. The van der Waals surface area contributed by atoms with Gasteiger partial charge >= 0.3 is 5.69 Å². The van der Waals surface area contributed by atoms with Gasteiger partial charge in [-0.15, -0.1) is 0 Å². The number of hydrogen-bond donors (Lipinski definition) is 2. The van der Waals surface area contributed by atoms with Gasteiger partial charge in [0, 0.05) is 19.7 Å². The number of ether oxygens (including phenoxy) is 1. The first-order valence-electron chi connectivity index (χ1n) is 6.20. The summed E-state index contributed by atoms with van der Waals surface area (Å²) in [6, 6.07) is 0. The van der Waals surface area contributed by atoms with Crippen molar-refractivity contribution in [3.05, 3.63) is 22.5 Å². The molecule has 1 aromatic heterocycles. The van der Waals surface area contributed by atoms with E-state index in [-0.39, 0.29) is 18.3 Å². The van der Waals surface area contributed by atoms with Gasteiger partial charge in [0.15, 0.2) is 0 Å². The second-order valence-corrected chi connectivity index (χ2v) is 4.26. The van der Waals surface area contributed by atoms with Crippen molar-refractivity contribution in [3.63, 3.8) is 0 Å². The van der Waals surface area contributed by atoms with Gasteiger partial charge in [-0.1, -0.05) is 0 Å². The first-order chi connectivity index (χ1) is 9.02. The van der Waals surface area contributed by atoms with Gasteiger partial charge in [-0.3, -0.25) is 14.8 Å². The first-order valence-corrected chi connectivity index (χ1v) is 6.20. The van der Waals surface area contributed by atoms with Crippen molar-refractivity contribution >= 4 is 5.69 Å². The van der Waals surface area contributed by atoms with Crippen molar-refractivity contribution in [1.82, 2.24) is 15.1 Å². The first kappa shape index (κ1) is 15.5. The average Bonchev–Trinajstić information content (AvgIpc) is 2.78. The van der Waals surface area contributed by atoms with Gasteiger partial charge < -0.3 is 15.2 Å². The Morgan fingerprint density at radius 1 is 1.63 bits per heavy atom. The summed E-state index contributed by atoms with van der Waals surface area (Å²) in [6.07, 6.45) is 1.89. The lowest BCUT2D eigenvalue weighted by Crippen LogP contribution is -2.35. The standard InChI is InChI=1S/C11H20N4O4/c1-3-19-9(2)4-12-6-11(16)8-14-7-10(5-13-14)15(17)18/h5,7,9,11-12,16H,3-4,6,8H2,1-2H3. The van der Waals surface area contributed by atoms with Crippen molar-refractivity contribution in [3.8, 4) is 0 Å². The van der Waals surface area contributed by atoms with Crippen molar-refractivity contribution in [2.45, 2.75) is 32.6 Å². The summed E-state index contributed by atoms with van der Waals surface area (Å²) >= 11 is 0. The molecule has 2 N–H and O–H groups in total. The van der Waals surface area contributed by atoms with E-state index >= 15 is 0 Å². The largest absolute Gasteiger partial charge is 0.390 e. The topological polar surface area (TPSA) is 102 Å². The Morgan fingerprint density at radius 3 is 2.95 bits per heavy atom. The minimum Gasteiger partial charge on any atom is -0.390 e. The van der Waals surface area contributed by atoms with E-state index in [1.807, 2.05) is 13.8 Å². The van der Waals surface area contributed by atoms with Crippen LogP contribution >= 0.6 is 0 Å². The lowest BCUT2D eigenvalue weighted by atomic mass is 10.3. The van der Waals surface area contributed by atoms with Crippen molar-refractivity contribution in [2.75, 3.05) is 19.7 Å². The highest BCUT2D eigenvalue weighted by Gasteiger charge is 2.12. The Morgan fingerprint density at radius 2 is 2.37 bits per heavy atom. The molecule has 0 saturated carbocycles. The third-order valence-corrected chi connectivity index (χ3v) is 2.49. The molecule has 108 valence electrons. The molecule has 19 heavy (non-hydrogen) atoms. The van der Waals surface area contributed by atoms with Crippen LogP contribution in [0.15, 0.2) is 12.4 Å². The molecule has 1 rings (SSSR count). The summed E-state index contributed by atoms with van der Waals surface area (Å²) < 4.78 is 6.69. The van der Waals surface area contributed by atoms with Crippen LogP contribution in [0.25, 0.3) is 0 Å². The average molecular weight is 272 g/mol. The number of hydrogen-bond acceptors (Lipinski definition) is 6. The molecule has 0 aromatic carbocycles. The summed E-state index contributed by atoms with van der Waals surface area (Å²) in [6.45, 7) is 5.76. The highest BCUT2D eigenvalue weighted by Crippen LogP contribution is 2.07. The van der Waals surface area contributed by atoms with Crippen LogP contribution in [-0.2, 0) is 11.3 Å². The van der Waals surface area contributed by atoms with Gasteiger partial charge in [-0.25, -0.2) is 0 Å². The normalized spacial score (nSPS) is 14.3. The monoisotopic (exact) mass is 272 g/mol. The number of aliphatic hydroxyl groups is 1. The molecule has 8 heteroatoms. The molecular weight excluding hydrogens is 252 g/mol. The highest BCUT2D eigenvalue weighted by atomic mass is 16.6. The Labute approximate surface area is 111 Å². The Bertz CT molecular complexity index is 396. The van der Waals surface area contributed by atoms with E-state index in [9.17, 15) is 15.2 Å². The molecule has 1 heterocycles. The van der Waals surface area contributed by atoms with Crippen LogP contribution in [0.1, 0.15) is 13.8 Å². The molecular formula is C11H20N4O4. The lowest BCUT2D eigenvalue weighted by Gasteiger charge is -2.15. The number of nitro groups is 1. The SMILES string of the molecule is CCOC(C)CNCC(O)Cn1cc([N+](=O)[O-])cn1. The molecule has 0 spiro atoms. The van der Waals surface area contributed by atoms with Crippen LogP contribution in [0.4, 0.5) is 5.69 Å². The summed E-state index contributed by atoms with van der Waals surface area (Å²) in [5.41, 5.74) is -0.0786. The Balaban J connectivity index is 2.26. The van der Waals surface area contributed by atoms with E-state index in [4.69, 9.17) is 4.74 Å². The predicted octanol–water partition coefficient (Wildman–Crippen LogP) is 0.167. The summed E-state index contributed by atoms with van der Waals surface area (Å²) in [4.78, 5) is 9.96. The third kappa shape index (κ3) is 5.77. The van der Waals surface area contributed by atoms with Crippen LogP contribution in [0, 0.1) is 10.1 Å². The molecule has 0 bridgehead atoms. The van der Waals surface area contributed by atoms with E-state index in [2.05, 4.69) is 10.4 Å². The van der Waals surface area contributed by atoms with E-state index in [0.29, 0.717) is 19.7 Å². The fraction of sp³-hybridized carbons (Fsp3) is 0.727. The van der Waals surface area contributed by atoms with Crippen molar-refractivity contribution in [2.24, 2.45) is 0 Å². The number of nitrogens with one attached hydrogen (secondary N) is 1. The van der Waals surface area contributed by atoms with Crippen LogP contribution in [-0.4, -0.2) is 51.7 Å². The zero-order valence-corrected chi connectivity index (χ0v) is 11.2. The van der Waals surface area contributed by atoms with Crippen LogP contribution in [0.5, 0.6) is 0 Å². The summed E-state index contributed by atoms with van der Waals surface area (Å²) in [5.74, 6) is 0.